The third-order valence-electron chi connectivity index (χ3n) is 1.96. The monoisotopic (exact) mass is 295 g/mol. The van der Waals surface area contributed by atoms with Gasteiger partial charge in [-0.3, -0.25) is 0 Å². The molecule has 0 fully saturated rings. The first kappa shape index (κ1) is 14.3. The van der Waals surface area contributed by atoms with E-state index in [1.807, 2.05) is 0 Å². The van der Waals surface area contributed by atoms with Crippen LogP contribution in [0.5, 0.6) is 5.75 Å². The Hall–Kier alpha value is -0.750. The van der Waals surface area contributed by atoms with Crippen LogP contribution in [-0.2, 0) is 10.0 Å². The van der Waals surface area contributed by atoms with Gasteiger partial charge in [-0.2, -0.15) is 0 Å². The minimum absolute atomic E-state index is 0.0429. The third kappa shape index (κ3) is 4.20. The van der Waals surface area contributed by atoms with E-state index in [0.29, 0.717) is 16.3 Å². The molecular weight excluding hydrogens is 285 g/mol. The lowest BCUT2D eigenvalue weighted by molar-refractivity contribution is 0.356. The van der Waals surface area contributed by atoms with Crippen molar-refractivity contribution in [2.24, 2.45) is 5.14 Å². The van der Waals surface area contributed by atoms with E-state index in [0.717, 1.165) is 0 Å². The van der Waals surface area contributed by atoms with Crippen molar-refractivity contribution in [2.45, 2.75) is 11.8 Å². The summed E-state index contributed by atoms with van der Waals surface area (Å²) in [7, 11) is -3.69. The van der Waals surface area contributed by atoms with Gasteiger partial charge in [-0.25, -0.2) is 13.6 Å². The molecule has 1 rings (SSSR count). The first-order chi connectivity index (χ1) is 7.84. The summed E-state index contributed by atoms with van der Waals surface area (Å²) in [5, 5.41) is 5.35. The van der Waals surface area contributed by atoms with Gasteiger partial charge in [0.25, 0.3) is 0 Å². The lowest BCUT2D eigenvalue weighted by Gasteiger charge is -2.09. The summed E-state index contributed by atoms with van der Waals surface area (Å²) in [5.74, 6) is 0.522. The molecule has 0 aliphatic heterocycles. The van der Waals surface area contributed by atoms with Gasteiger partial charge >= 0.3 is 0 Å². The fourth-order valence-electron chi connectivity index (χ4n) is 1.14. The second kappa shape index (κ2) is 5.73. The molecular formula is C10H11Cl2NO3S. The Balaban J connectivity index is 2.91. The van der Waals surface area contributed by atoms with Crippen molar-refractivity contribution in [1.82, 2.24) is 0 Å². The molecule has 0 saturated heterocycles. The Morgan fingerprint density at radius 3 is 2.65 bits per heavy atom. The molecule has 94 valence electrons. The average Bonchev–Trinajstić information content (AvgIpc) is 2.25. The molecule has 1 aromatic carbocycles. The number of rotatable bonds is 4. The van der Waals surface area contributed by atoms with Crippen molar-refractivity contribution in [3.63, 3.8) is 0 Å². The molecule has 0 saturated carbocycles. The minimum atomic E-state index is -3.69. The summed E-state index contributed by atoms with van der Waals surface area (Å²) in [6.45, 7) is 1.84. The van der Waals surface area contributed by atoms with Crippen LogP contribution in [0.15, 0.2) is 33.7 Å². The molecule has 0 radical (unpaired) electrons. The summed E-state index contributed by atoms with van der Waals surface area (Å²) in [5.41, 5.74) is 1.85. The van der Waals surface area contributed by atoms with Crippen LogP contribution in [0.4, 0.5) is 0 Å². The topological polar surface area (TPSA) is 69.4 Å². The van der Waals surface area contributed by atoms with E-state index in [9.17, 15) is 8.42 Å². The van der Waals surface area contributed by atoms with E-state index in [4.69, 9.17) is 33.1 Å². The van der Waals surface area contributed by atoms with E-state index in [1.165, 1.54) is 23.7 Å². The summed E-state index contributed by atoms with van der Waals surface area (Å²) in [6, 6.07) is 4.33. The molecule has 0 atom stereocenters. The zero-order chi connectivity index (χ0) is 13.1. The van der Waals surface area contributed by atoms with E-state index in [1.54, 1.807) is 6.92 Å². The molecule has 4 nitrogen and oxygen atoms in total. The summed E-state index contributed by atoms with van der Waals surface area (Å²) in [4.78, 5) is 0.0429. The van der Waals surface area contributed by atoms with Crippen molar-refractivity contribution < 1.29 is 13.2 Å². The van der Waals surface area contributed by atoms with Gasteiger partial charge in [-0.1, -0.05) is 23.2 Å². The van der Waals surface area contributed by atoms with Gasteiger partial charge in [-0.05, 0) is 30.7 Å². The van der Waals surface area contributed by atoms with Crippen LogP contribution < -0.4 is 9.88 Å². The maximum atomic E-state index is 11.1. The largest absolute Gasteiger partial charge is 0.488 e. The first-order valence-electron chi connectivity index (χ1n) is 4.55. The summed E-state index contributed by atoms with van der Waals surface area (Å²) in [6.07, 6.45) is 0. The highest BCUT2D eigenvalue weighted by atomic mass is 35.5. The second-order valence-electron chi connectivity index (χ2n) is 3.32. The number of ether oxygens (including phenoxy) is 1. The highest BCUT2D eigenvalue weighted by molar-refractivity contribution is 7.89. The number of halogens is 2. The molecule has 1 aromatic rings. The van der Waals surface area contributed by atoms with Gasteiger partial charge in [-0.15, -0.1) is 0 Å². The van der Waals surface area contributed by atoms with Crippen LogP contribution >= 0.6 is 23.2 Å². The second-order valence-corrected chi connectivity index (χ2v) is 5.58. The van der Waals surface area contributed by atoms with Crippen LogP contribution in [0.3, 0.4) is 0 Å². The van der Waals surface area contributed by atoms with Gasteiger partial charge in [0, 0.05) is 5.54 Å². The lowest BCUT2D eigenvalue weighted by atomic mass is 10.2. The molecule has 17 heavy (non-hydrogen) atoms. The van der Waals surface area contributed by atoms with E-state index in [2.05, 4.69) is 0 Å². The Kier molecular flexibility index (Phi) is 4.82. The molecule has 0 bridgehead atoms. The van der Waals surface area contributed by atoms with Crippen LogP contribution in [-0.4, -0.2) is 15.0 Å². The Morgan fingerprint density at radius 1 is 1.53 bits per heavy atom. The molecule has 0 spiro atoms. The normalized spacial score (nSPS) is 12.6. The number of hydrogen-bond acceptors (Lipinski definition) is 3. The van der Waals surface area contributed by atoms with E-state index in [-0.39, 0.29) is 11.5 Å². The smallest absolute Gasteiger partial charge is 0.238 e. The number of hydrogen-bond donors (Lipinski definition) is 1. The van der Waals surface area contributed by atoms with Gasteiger partial charge in [0.15, 0.2) is 0 Å². The number of primary sulfonamides is 1. The van der Waals surface area contributed by atoms with Gasteiger partial charge < -0.3 is 4.74 Å². The molecule has 0 amide bonds. The predicted octanol–water partition coefficient (Wildman–Crippen LogP) is 2.34. The molecule has 7 heteroatoms. The minimum Gasteiger partial charge on any atom is -0.488 e. The molecule has 0 aromatic heterocycles. The summed E-state index contributed by atoms with van der Waals surface area (Å²) >= 11 is 11.0. The Labute approximate surface area is 110 Å². The number of nitrogens with two attached hydrogens (primary N) is 1. The number of sulfonamides is 1. The fourth-order valence-corrected chi connectivity index (χ4v) is 1.86. The van der Waals surface area contributed by atoms with Crippen LogP contribution in [0.25, 0.3) is 0 Å². The van der Waals surface area contributed by atoms with Crippen molar-refractivity contribution in [3.05, 3.63) is 34.3 Å². The molecule has 0 aliphatic carbocycles. The molecule has 0 heterocycles. The maximum Gasteiger partial charge on any atom is 0.238 e. The fraction of sp³-hybridized carbons (Fsp3) is 0.200. The standard InChI is InChI=1S/C10H11Cl2NO3S/c1-7-4-9(17(13,14)15)2-3-10(7)16-6-8(12)5-11/h2-5H,6H2,1H3,(H2,13,14,15)/b8-5-. The molecule has 0 aliphatic rings. The maximum absolute atomic E-state index is 11.1. The predicted molar refractivity (Wildman–Crippen MR) is 67.8 cm³/mol. The Bertz CT molecular complexity index is 540. The van der Waals surface area contributed by atoms with Crippen LogP contribution in [0.2, 0.25) is 0 Å². The number of aryl methyl sites for hydroxylation is 1. The quantitative estimate of drug-likeness (QED) is 0.927. The van der Waals surface area contributed by atoms with Gasteiger partial charge in [0.2, 0.25) is 10.0 Å². The average molecular weight is 296 g/mol. The Morgan fingerprint density at radius 2 is 2.18 bits per heavy atom. The highest BCUT2D eigenvalue weighted by Crippen LogP contribution is 2.22. The van der Waals surface area contributed by atoms with Gasteiger partial charge in [0.1, 0.15) is 12.4 Å². The SMILES string of the molecule is Cc1cc(S(N)(=O)=O)ccc1OC/C(Cl)=C/Cl. The van der Waals surface area contributed by atoms with E-state index >= 15 is 0 Å². The van der Waals surface area contributed by atoms with Crippen molar-refractivity contribution in [1.29, 1.82) is 0 Å². The highest BCUT2D eigenvalue weighted by Gasteiger charge is 2.10. The lowest BCUT2D eigenvalue weighted by Crippen LogP contribution is -2.12. The third-order valence-corrected chi connectivity index (χ3v) is 3.46. The van der Waals surface area contributed by atoms with Crippen molar-refractivity contribution in [3.8, 4) is 5.75 Å². The van der Waals surface area contributed by atoms with Gasteiger partial charge in [0.05, 0.1) is 9.93 Å². The number of benzene rings is 1. The first-order valence-corrected chi connectivity index (χ1v) is 6.91. The molecule has 0 unspecified atom stereocenters. The van der Waals surface area contributed by atoms with Crippen LogP contribution in [0.1, 0.15) is 5.56 Å². The van der Waals surface area contributed by atoms with Crippen LogP contribution in [0, 0.1) is 6.92 Å². The van der Waals surface area contributed by atoms with Crippen molar-refractivity contribution >= 4 is 33.2 Å². The zero-order valence-electron chi connectivity index (χ0n) is 8.98. The van der Waals surface area contributed by atoms with Crippen molar-refractivity contribution in [2.75, 3.05) is 6.61 Å². The molecule has 2 N–H and O–H groups in total. The zero-order valence-corrected chi connectivity index (χ0v) is 11.3. The van der Waals surface area contributed by atoms with E-state index < -0.39 is 10.0 Å². The summed E-state index contributed by atoms with van der Waals surface area (Å²) < 4.78 is 27.5.